The number of carbonyl (C=O) groups is 1. The Labute approximate surface area is 166 Å². The summed E-state index contributed by atoms with van der Waals surface area (Å²) in [5, 5.41) is 6.85. The Bertz CT molecular complexity index is 1010. The number of nitrogens with one attached hydrogen (secondary N) is 1. The molecule has 0 aliphatic carbocycles. The first-order chi connectivity index (χ1) is 13.1. The molecule has 3 aromatic rings. The van der Waals surface area contributed by atoms with Gasteiger partial charge in [0, 0.05) is 10.6 Å². The van der Waals surface area contributed by atoms with Gasteiger partial charge in [0.05, 0.1) is 18.3 Å². The van der Waals surface area contributed by atoms with Gasteiger partial charge in [0.25, 0.3) is 5.91 Å². The fraction of sp³-hybridized carbons (Fsp3) is 0.100. The lowest BCUT2D eigenvalue weighted by Crippen LogP contribution is -2.24. The van der Waals surface area contributed by atoms with E-state index in [9.17, 15) is 4.79 Å². The molecule has 0 radical (unpaired) electrons. The van der Waals surface area contributed by atoms with Crippen molar-refractivity contribution < 1.29 is 14.3 Å². The minimum absolute atomic E-state index is 0.231. The van der Waals surface area contributed by atoms with E-state index in [-0.39, 0.29) is 6.61 Å². The van der Waals surface area contributed by atoms with E-state index >= 15 is 0 Å². The second-order valence-electron chi connectivity index (χ2n) is 5.56. The minimum atomic E-state index is -0.420. The molecule has 0 fully saturated rings. The van der Waals surface area contributed by atoms with E-state index in [0.717, 1.165) is 16.3 Å². The van der Waals surface area contributed by atoms with E-state index in [1.54, 1.807) is 31.5 Å². The average Bonchev–Trinajstić information content (AvgIpc) is 2.67. The van der Waals surface area contributed by atoms with Gasteiger partial charge < -0.3 is 9.47 Å². The van der Waals surface area contributed by atoms with Crippen LogP contribution in [0, 0.1) is 0 Å². The number of hydrogen-bond donors (Lipinski definition) is 1. The van der Waals surface area contributed by atoms with E-state index < -0.39 is 5.91 Å². The summed E-state index contributed by atoms with van der Waals surface area (Å²) in [6.45, 7) is -0.231. The van der Waals surface area contributed by atoms with Crippen molar-refractivity contribution in [2.24, 2.45) is 5.10 Å². The molecule has 0 saturated heterocycles. The number of benzene rings is 3. The van der Waals surface area contributed by atoms with Crippen molar-refractivity contribution in [2.45, 2.75) is 0 Å². The van der Waals surface area contributed by atoms with Gasteiger partial charge in [0.15, 0.2) is 6.61 Å². The standard InChI is InChI=1S/C20H16Cl2N2O3/c1-26-18-8-6-13-4-2-3-5-15(13)16(18)11-23-24-20(25)12-27-19-9-7-14(21)10-17(19)22/h2-11H,12H2,1H3,(H,24,25)/b23-11+. The molecule has 0 bridgehead atoms. The fourth-order valence-electron chi connectivity index (χ4n) is 2.52. The molecule has 0 aliphatic heterocycles. The number of nitrogens with zero attached hydrogens (tertiary/aromatic N) is 1. The molecule has 0 spiro atoms. The fourth-order valence-corrected chi connectivity index (χ4v) is 2.99. The molecule has 0 aliphatic rings. The predicted molar refractivity (Wildman–Crippen MR) is 108 cm³/mol. The van der Waals surface area contributed by atoms with Crippen LogP contribution < -0.4 is 14.9 Å². The molecule has 0 saturated carbocycles. The largest absolute Gasteiger partial charge is 0.496 e. The second kappa shape index (κ2) is 8.75. The molecule has 27 heavy (non-hydrogen) atoms. The summed E-state index contributed by atoms with van der Waals surface area (Å²) >= 11 is 11.8. The van der Waals surface area contributed by atoms with Crippen molar-refractivity contribution in [3.8, 4) is 11.5 Å². The summed E-state index contributed by atoms with van der Waals surface area (Å²) in [5.41, 5.74) is 3.20. The number of halogens is 2. The Balaban J connectivity index is 1.66. The van der Waals surface area contributed by atoms with Crippen molar-refractivity contribution in [3.63, 3.8) is 0 Å². The predicted octanol–water partition coefficient (Wildman–Crippen LogP) is 4.68. The number of fused-ring (bicyclic) bond motifs is 1. The van der Waals surface area contributed by atoms with Crippen LogP contribution in [0.4, 0.5) is 0 Å². The Hall–Kier alpha value is -2.76. The van der Waals surface area contributed by atoms with Crippen LogP contribution in [0.15, 0.2) is 59.7 Å². The lowest BCUT2D eigenvalue weighted by atomic mass is 10.0. The van der Waals surface area contributed by atoms with Gasteiger partial charge >= 0.3 is 0 Å². The number of ether oxygens (including phenoxy) is 2. The quantitative estimate of drug-likeness (QED) is 0.480. The highest BCUT2D eigenvalue weighted by Crippen LogP contribution is 2.27. The molecule has 0 atom stereocenters. The maximum Gasteiger partial charge on any atom is 0.277 e. The third-order valence-corrected chi connectivity index (χ3v) is 4.32. The first-order valence-corrected chi connectivity index (χ1v) is 8.79. The summed E-state index contributed by atoms with van der Waals surface area (Å²) in [6, 6.07) is 16.4. The van der Waals surface area contributed by atoms with Crippen LogP contribution >= 0.6 is 23.2 Å². The molecule has 0 unspecified atom stereocenters. The highest BCUT2D eigenvalue weighted by atomic mass is 35.5. The Morgan fingerprint density at radius 1 is 1.11 bits per heavy atom. The zero-order valence-corrected chi connectivity index (χ0v) is 15.9. The van der Waals surface area contributed by atoms with Crippen LogP contribution in [0.3, 0.4) is 0 Å². The molecule has 0 heterocycles. The average molecular weight is 403 g/mol. The van der Waals surface area contributed by atoms with Crippen LogP contribution in [-0.4, -0.2) is 25.8 Å². The zero-order chi connectivity index (χ0) is 19.2. The lowest BCUT2D eigenvalue weighted by Gasteiger charge is -2.09. The highest BCUT2D eigenvalue weighted by Gasteiger charge is 2.08. The number of hydrazone groups is 1. The zero-order valence-electron chi connectivity index (χ0n) is 14.4. The minimum Gasteiger partial charge on any atom is -0.496 e. The van der Waals surface area contributed by atoms with Crippen molar-refractivity contribution >= 4 is 46.1 Å². The summed E-state index contributed by atoms with van der Waals surface area (Å²) < 4.78 is 10.8. The van der Waals surface area contributed by atoms with E-state index in [2.05, 4.69) is 10.5 Å². The van der Waals surface area contributed by atoms with Gasteiger partial charge in [-0.2, -0.15) is 5.10 Å². The van der Waals surface area contributed by atoms with Gasteiger partial charge in [0.1, 0.15) is 11.5 Å². The molecule has 1 N–H and O–H groups in total. The van der Waals surface area contributed by atoms with Crippen molar-refractivity contribution in [2.75, 3.05) is 13.7 Å². The summed E-state index contributed by atoms with van der Waals surface area (Å²) in [5.74, 6) is 0.614. The molecular weight excluding hydrogens is 387 g/mol. The van der Waals surface area contributed by atoms with Gasteiger partial charge in [-0.15, -0.1) is 0 Å². The number of hydrogen-bond acceptors (Lipinski definition) is 4. The van der Waals surface area contributed by atoms with E-state index in [0.29, 0.717) is 21.5 Å². The maximum absolute atomic E-state index is 12.0. The van der Waals surface area contributed by atoms with E-state index in [1.165, 1.54) is 0 Å². The second-order valence-corrected chi connectivity index (χ2v) is 6.40. The SMILES string of the molecule is COc1ccc2ccccc2c1/C=N/NC(=O)COc1ccc(Cl)cc1Cl. The van der Waals surface area contributed by atoms with Crippen LogP contribution in [-0.2, 0) is 4.79 Å². The third kappa shape index (κ3) is 4.70. The van der Waals surface area contributed by atoms with Gasteiger partial charge in [-0.25, -0.2) is 5.43 Å². The Kier molecular flexibility index (Phi) is 6.16. The summed E-state index contributed by atoms with van der Waals surface area (Å²) in [4.78, 5) is 12.0. The summed E-state index contributed by atoms with van der Waals surface area (Å²) in [6.07, 6.45) is 1.55. The van der Waals surface area contributed by atoms with Crippen LogP contribution in [0.1, 0.15) is 5.56 Å². The number of methoxy groups -OCH3 is 1. The number of amides is 1. The van der Waals surface area contributed by atoms with Gasteiger partial charge in [0.2, 0.25) is 0 Å². The smallest absolute Gasteiger partial charge is 0.277 e. The Morgan fingerprint density at radius 2 is 1.89 bits per heavy atom. The topological polar surface area (TPSA) is 59.9 Å². The molecule has 3 aromatic carbocycles. The molecule has 7 heteroatoms. The summed E-state index contributed by atoms with van der Waals surface area (Å²) in [7, 11) is 1.59. The van der Waals surface area contributed by atoms with Crippen LogP contribution in [0.25, 0.3) is 10.8 Å². The number of carbonyl (C=O) groups excluding carboxylic acids is 1. The third-order valence-electron chi connectivity index (χ3n) is 3.79. The molecule has 5 nitrogen and oxygen atoms in total. The first-order valence-electron chi connectivity index (χ1n) is 8.04. The molecule has 138 valence electrons. The molecule has 1 amide bonds. The first kappa shape index (κ1) is 19.0. The normalized spacial score (nSPS) is 10.9. The maximum atomic E-state index is 12.0. The molecular formula is C20H16Cl2N2O3. The highest BCUT2D eigenvalue weighted by molar-refractivity contribution is 6.35. The molecule has 0 aromatic heterocycles. The van der Waals surface area contributed by atoms with Crippen molar-refractivity contribution in [1.82, 2.24) is 5.43 Å². The monoisotopic (exact) mass is 402 g/mol. The lowest BCUT2D eigenvalue weighted by molar-refractivity contribution is -0.123. The van der Waals surface area contributed by atoms with Crippen molar-refractivity contribution in [1.29, 1.82) is 0 Å². The van der Waals surface area contributed by atoms with Gasteiger partial charge in [-0.1, -0.05) is 53.5 Å². The van der Waals surface area contributed by atoms with E-state index in [1.807, 2.05) is 36.4 Å². The number of rotatable bonds is 6. The van der Waals surface area contributed by atoms with Gasteiger partial charge in [-0.05, 0) is 35.0 Å². The van der Waals surface area contributed by atoms with Gasteiger partial charge in [-0.3, -0.25) is 4.79 Å². The Morgan fingerprint density at radius 3 is 2.67 bits per heavy atom. The van der Waals surface area contributed by atoms with Crippen LogP contribution in [0.5, 0.6) is 11.5 Å². The van der Waals surface area contributed by atoms with Crippen molar-refractivity contribution in [3.05, 3.63) is 70.2 Å². The van der Waals surface area contributed by atoms with E-state index in [4.69, 9.17) is 32.7 Å². The van der Waals surface area contributed by atoms with Crippen LogP contribution in [0.2, 0.25) is 10.0 Å². The molecule has 3 rings (SSSR count).